The number of aromatic hydroxyl groups is 1. The first kappa shape index (κ1) is 10.1. The van der Waals surface area contributed by atoms with E-state index in [1.165, 1.54) is 25.7 Å². The van der Waals surface area contributed by atoms with Crippen LogP contribution in [0, 0.1) is 0 Å². The molecular weight excluding hydrogens is 200 g/mol. The summed E-state index contributed by atoms with van der Waals surface area (Å²) < 4.78 is 0. The van der Waals surface area contributed by atoms with Crippen molar-refractivity contribution in [2.45, 2.75) is 43.9 Å². The Hall–Kier alpha value is -1.06. The van der Waals surface area contributed by atoms with Gasteiger partial charge in [0.25, 0.3) is 0 Å². The van der Waals surface area contributed by atoms with Crippen LogP contribution in [0.1, 0.15) is 37.4 Å². The van der Waals surface area contributed by atoms with Crippen molar-refractivity contribution in [1.29, 1.82) is 0 Å². The lowest BCUT2D eigenvalue weighted by atomic mass is 9.92. The molecule has 1 saturated heterocycles. The fourth-order valence-corrected chi connectivity index (χ4v) is 2.92. The Bertz CT molecular complexity index is 366. The average molecular weight is 218 g/mol. The Morgan fingerprint density at radius 3 is 2.25 bits per heavy atom. The number of rotatable bonds is 1. The molecule has 3 rings (SSSR count). The third-order valence-corrected chi connectivity index (χ3v) is 3.78. The van der Waals surface area contributed by atoms with E-state index in [1.807, 2.05) is 18.2 Å². The van der Waals surface area contributed by atoms with E-state index < -0.39 is 0 Å². The maximum atomic E-state index is 9.82. The molecule has 1 aliphatic heterocycles. The molecule has 2 atom stereocenters. The van der Waals surface area contributed by atoms with E-state index in [0.717, 1.165) is 5.56 Å². The van der Waals surface area contributed by atoms with E-state index in [1.54, 1.807) is 6.07 Å². The second kappa shape index (κ2) is 4.07. The average Bonchev–Trinajstić information content (AvgIpc) is 2.73. The molecule has 3 heteroatoms. The van der Waals surface area contributed by atoms with Crippen molar-refractivity contribution < 1.29 is 5.11 Å². The van der Waals surface area contributed by atoms with Crippen LogP contribution in [-0.4, -0.2) is 17.2 Å². The lowest BCUT2D eigenvalue weighted by Gasteiger charge is -2.23. The summed E-state index contributed by atoms with van der Waals surface area (Å²) in [5.74, 6) is 0.381. The number of hydrogen-bond acceptors (Lipinski definition) is 3. The number of hydrogen-bond donors (Lipinski definition) is 3. The van der Waals surface area contributed by atoms with Gasteiger partial charge in [-0.25, -0.2) is 0 Å². The van der Waals surface area contributed by atoms with Gasteiger partial charge in [-0.2, -0.15) is 0 Å². The summed E-state index contributed by atoms with van der Waals surface area (Å²) in [4.78, 5) is 0. The van der Waals surface area contributed by atoms with Crippen molar-refractivity contribution in [3.8, 4) is 5.75 Å². The molecule has 1 aromatic carbocycles. The van der Waals surface area contributed by atoms with Gasteiger partial charge in [0.1, 0.15) is 5.75 Å². The van der Waals surface area contributed by atoms with E-state index in [4.69, 9.17) is 0 Å². The predicted octanol–water partition coefficient (Wildman–Crippen LogP) is 1.89. The highest BCUT2D eigenvalue weighted by molar-refractivity contribution is 5.35. The summed E-state index contributed by atoms with van der Waals surface area (Å²) in [6.07, 6.45) is 5.27. The summed E-state index contributed by atoms with van der Waals surface area (Å²) in [7, 11) is 0. The Morgan fingerprint density at radius 1 is 1.00 bits per heavy atom. The van der Waals surface area contributed by atoms with Crippen molar-refractivity contribution in [2.24, 2.45) is 0 Å². The van der Waals surface area contributed by atoms with Crippen LogP contribution in [0.25, 0.3) is 0 Å². The van der Waals surface area contributed by atoms with Crippen LogP contribution < -0.4 is 10.6 Å². The number of phenols is 1. The van der Waals surface area contributed by atoms with Gasteiger partial charge in [0, 0.05) is 17.6 Å². The van der Waals surface area contributed by atoms with E-state index in [9.17, 15) is 5.11 Å². The van der Waals surface area contributed by atoms with Gasteiger partial charge in [0.05, 0.1) is 6.17 Å². The Kier molecular flexibility index (Phi) is 2.58. The van der Waals surface area contributed by atoms with Gasteiger partial charge in [0.2, 0.25) is 0 Å². The molecule has 0 bridgehead atoms. The van der Waals surface area contributed by atoms with Gasteiger partial charge in [-0.1, -0.05) is 31.0 Å². The second-order valence-corrected chi connectivity index (χ2v) is 4.82. The first-order chi connectivity index (χ1) is 7.84. The molecule has 3 nitrogen and oxygen atoms in total. The minimum Gasteiger partial charge on any atom is -0.508 e. The molecule has 16 heavy (non-hydrogen) atoms. The number of nitrogens with one attached hydrogen (secondary N) is 2. The fraction of sp³-hybridized carbons (Fsp3) is 0.538. The van der Waals surface area contributed by atoms with Gasteiger partial charge in [-0.3, -0.25) is 10.6 Å². The highest BCUT2D eigenvalue weighted by Gasteiger charge is 2.35. The molecule has 3 N–H and O–H groups in total. The van der Waals surface area contributed by atoms with Crippen LogP contribution in [0.15, 0.2) is 24.3 Å². The third kappa shape index (κ3) is 1.70. The van der Waals surface area contributed by atoms with E-state index in [-0.39, 0.29) is 6.17 Å². The first-order valence-corrected chi connectivity index (χ1v) is 6.14. The molecule has 1 saturated carbocycles. The second-order valence-electron chi connectivity index (χ2n) is 4.82. The molecular formula is C13H18N2O. The highest BCUT2D eigenvalue weighted by Crippen LogP contribution is 2.31. The number of benzene rings is 1. The summed E-state index contributed by atoms with van der Waals surface area (Å²) in [5, 5.41) is 17.0. The molecule has 1 aliphatic carbocycles. The molecule has 2 aliphatic rings. The lowest BCUT2D eigenvalue weighted by Crippen LogP contribution is -2.36. The first-order valence-electron chi connectivity index (χ1n) is 6.14. The maximum Gasteiger partial charge on any atom is 0.121 e. The molecule has 0 aromatic heterocycles. The van der Waals surface area contributed by atoms with E-state index >= 15 is 0 Å². The van der Waals surface area contributed by atoms with Crippen molar-refractivity contribution in [3.05, 3.63) is 29.8 Å². The zero-order valence-electron chi connectivity index (χ0n) is 9.32. The number of phenolic OH excluding ortho intramolecular Hbond substituents is 1. The predicted molar refractivity (Wildman–Crippen MR) is 63.2 cm³/mol. The van der Waals surface area contributed by atoms with Gasteiger partial charge in [-0.05, 0) is 18.9 Å². The monoisotopic (exact) mass is 218 g/mol. The molecule has 2 fully saturated rings. The van der Waals surface area contributed by atoms with Gasteiger partial charge >= 0.3 is 0 Å². The van der Waals surface area contributed by atoms with Gasteiger partial charge < -0.3 is 5.11 Å². The summed E-state index contributed by atoms with van der Waals surface area (Å²) in [5.41, 5.74) is 0.969. The zero-order chi connectivity index (χ0) is 11.0. The van der Waals surface area contributed by atoms with Crippen molar-refractivity contribution in [2.75, 3.05) is 0 Å². The Morgan fingerprint density at radius 2 is 1.62 bits per heavy atom. The fourth-order valence-electron chi connectivity index (χ4n) is 2.92. The standard InChI is InChI=1S/C13H18N2O/c16-12-8-4-1-5-9(12)13-14-10-6-2-3-7-11(10)15-13/h1,4-5,8,10-11,13-16H,2-3,6-7H2/t10-,11-/m1/s1. The minimum absolute atomic E-state index is 0.120. The number of para-hydroxylation sites is 1. The molecule has 86 valence electrons. The lowest BCUT2D eigenvalue weighted by molar-refractivity contribution is 0.374. The van der Waals surface area contributed by atoms with E-state index in [0.29, 0.717) is 17.8 Å². The topological polar surface area (TPSA) is 44.3 Å². The number of fused-ring (bicyclic) bond motifs is 1. The van der Waals surface area contributed by atoms with Crippen molar-refractivity contribution in [1.82, 2.24) is 10.6 Å². The highest BCUT2D eigenvalue weighted by atomic mass is 16.3. The molecule has 1 heterocycles. The van der Waals surface area contributed by atoms with Crippen LogP contribution in [0.2, 0.25) is 0 Å². The summed E-state index contributed by atoms with van der Waals surface area (Å²) in [6, 6.07) is 8.73. The van der Waals surface area contributed by atoms with Crippen molar-refractivity contribution in [3.63, 3.8) is 0 Å². The maximum absolute atomic E-state index is 9.82. The summed E-state index contributed by atoms with van der Waals surface area (Å²) in [6.45, 7) is 0. The molecule has 1 aromatic rings. The SMILES string of the molecule is Oc1ccccc1C1N[C@@H]2CCCC[C@H]2N1. The third-order valence-electron chi connectivity index (χ3n) is 3.78. The van der Waals surface area contributed by atoms with Crippen molar-refractivity contribution >= 4 is 0 Å². The van der Waals surface area contributed by atoms with Crippen LogP contribution >= 0.6 is 0 Å². The molecule has 0 spiro atoms. The summed E-state index contributed by atoms with van der Waals surface area (Å²) >= 11 is 0. The normalized spacial score (nSPS) is 30.2. The largest absolute Gasteiger partial charge is 0.508 e. The minimum atomic E-state index is 0.120. The Labute approximate surface area is 95.9 Å². The molecule has 0 radical (unpaired) electrons. The quantitative estimate of drug-likeness (QED) is 0.674. The zero-order valence-corrected chi connectivity index (χ0v) is 9.32. The van der Waals surface area contributed by atoms with Crippen LogP contribution in [0.3, 0.4) is 0 Å². The van der Waals surface area contributed by atoms with Gasteiger partial charge in [0.15, 0.2) is 0 Å². The van der Waals surface area contributed by atoms with Crippen LogP contribution in [0.5, 0.6) is 5.75 Å². The van der Waals surface area contributed by atoms with Crippen LogP contribution in [0.4, 0.5) is 0 Å². The van der Waals surface area contributed by atoms with Gasteiger partial charge in [-0.15, -0.1) is 0 Å². The smallest absolute Gasteiger partial charge is 0.121 e. The van der Waals surface area contributed by atoms with Crippen LogP contribution in [-0.2, 0) is 0 Å². The Balaban J connectivity index is 1.80. The molecule has 0 amide bonds. The van der Waals surface area contributed by atoms with E-state index in [2.05, 4.69) is 10.6 Å². The molecule has 0 unspecified atom stereocenters.